The Morgan fingerprint density at radius 1 is 1.47 bits per heavy atom. The van der Waals surface area contributed by atoms with Crippen LogP contribution in [0, 0.1) is 5.92 Å². The molecule has 17 heavy (non-hydrogen) atoms. The van der Waals surface area contributed by atoms with Gasteiger partial charge in [-0.2, -0.15) is 0 Å². The number of nitrogens with one attached hydrogen (secondary N) is 1. The average molecular weight is 271 g/mol. The third kappa shape index (κ3) is 2.84. The fourth-order valence-corrected chi connectivity index (χ4v) is 3.88. The van der Waals surface area contributed by atoms with E-state index in [0.29, 0.717) is 6.04 Å². The summed E-state index contributed by atoms with van der Waals surface area (Å²) >= 11 is 7.73. The van der Waals surface area contributed by atoms with Crippen LogP contribution in [0.1, 0.15) is 24.6 Å². The summed E-state index contributed by atoms with van der Waals surface area (Å²) in [6, 6.07) is 5.54. The zero-order valence-electron chi connectivity index (χ0n) is 10.2. The zero-order chi connectivity index (χ0) is 11.8. The van der Waals surface area contributed by atoms with E-state index in [9.17, 15) is 0 Å². The molecular formula is C13H19ClN2S. The van der Waals surface area contributed by atoms with Gasteiger partial charge in [0.2, 0.25) is 0 Å². The molecule has 1 N–H and O–H groups in total. The van der Waals surface area contributed by atoms with Crippen molar-refractivity contribution in [2.45, 2.75) is 38.4 Å². The van der Waals surface area contributed by atoms with Gasteiger partial charge >= 0.3 is 0 Å². The lowest BCUT2D eigenvalue weighted by atomic mass is 10.1. The predicted octanol–water partition coefficient (Wildman–Crippen LogP) is 2.97. The number of rotatable bonds is 3. The largest absolute Gasteiger partial charge is 0.311 e. The van der Waals surface area contributed by atoms with Crippen LogP contribution >= 0.6 is 22.9 Å². The van der Waals surface area contributed by atoms with Gasteiger partial charge in [-0.15, -0.1) is 11.3 Å². The summed E-state index contributed by atoms with van der Waals surface area (Å²) in [7, 11) is 0. The lowest BCUT2D eigenvalue weighted by Gasteiger charge is -2.39. The molecule has 1 aromatic heterocycles. The molecule has 2 heterocycles. The lowest BCUT2D eigenvalue weighted by molar-refractivity contribution is 0.113. The van der Waals surface area contributed by atoms with Crippen molar-refractivity contribution in [3.8, 4) is 0 Å². The smallest absolute Gasteiger partial charge is 0.0931 e. The van der Waals surface area contributed by atoms with E-state index in [1.165, 1.54) is 17.7 Å². The van der Waals surface area contributed by atoms with Crippen molar-refractivity contribution in [3.05, 3.63) is 21.3 Å². The summed E-state index contributed by atoms with van der Waals surface area (Å²) in [5.74, 6) is 0.936. The van der Waals surface area contributed by atoms with Crippen molar-refractivity contribution in [3.63, 3.8) is 0 Å². The normalized spacial score (nSPS) is 30.7. The molecule has 0 radical (unpaired) electrons. The molecular weight excluding hydrogens is 252 g/mol. The second kappa shape index (κ2) is 4.88. The molecule has 2 unspecified atom stereocenters. The predicted molar refractivity (Wildman–Crippen MR) is 73.7 cm³/mol. The molecule has 1 aliphatic heterocycles. The van der Waals surface area contributed by atoms with Crippen LogP contribution in [0.4, 0.5) is 0 Å². The molecule has 1 aliphatic carbocycles. The highest BCUT2D eigenvalue weighted by Crippen LogP contribution is 2.37. The molecule has 2 fully saturated rings. The van der Waals surface area contributed by atoms with Crippen molar-refractivity contribution in [1.82, 2.24) is 10.2 Å². The molecule has 2 aliphatic rings. The zero-order valence-corrected chi connectivity index (χ0v) is 11.7. The topological polar surface area (TPSA) is 15.3 Å². The van der Waals surface area contributed by atoms with Crippen LogP contribution in [-0.2, 0) is 6.54 Å². The fourth-order valence-electron chi connectivity index (χ4n) is 2.77. The van der Waals surface area contributed by atoms with Crippen LogP contribution < -0.4 is 5.32 Å². The molecule has 94 valence electrons. The van der Waals surface area contributed by atoms with Gasteiger partial charge in [-0.05, 0) is 37.8 Å². The monoisotopic (exact) mass is 270 g/mol. The summed E-state index contributed by atoms with van der Waals surface area (Å²) < 4.78 is 0.908. The van der Waals surface area contributed by atoms with Crippen molar-refractivity contribution in [2.75, 3.05) is 13.1 Å². The summed E-state index contributed by atoms with van der Waals surface area (Å²) in [5.41, 5.74) is 0. The van der Waals surface area contributed by atoms with E-state index in [-0.39, 0.29) is 0 Å². The van der Waals surface area contributed by atoms with Gasteiger partial charge in [-0.3, -0.25) is 4.90 Å². The molecule has 1 aromatic rings. The second-order valence-corrected chi connectivity index (χ2v) is 7.15. The Morgan fingerprint density at radius 3 is 2.94 bits per heavy atom. The van der Waals surface area contributed by atoms with Crippen molar-refractivity contribution >= 4 is 22.9 Å². The molecule has 1 saturated heterocycles. The summed E-state index contributed by atoms with van der Waals surface area (Å²) in [6.07, 6.45) is 2.84. The molecule has 4 heteroatoms. The van der Waals surface area contributed by atoms with E-state index in [4.69, 9.17) is 11.6 Å². The number of piperazine rings is 1. The highest BCUT2D eigenvalue weighted by Gasteiger charge is 2.37. The van der Waals surface area contributed by atoms with Crippen LogP contribution in [-0.4, -0.2) is 30.1 Å². The molecule has 0 aromatic carbocycles. The first-order valence-electron chi connectivity index (χ1n) is 6.44. The van der Waals surface area contributed by atoms with Crippen LogP contribution in [0.25, 0.3) is 0 Å². The fraction of sp³-hybridized carbons (Fsp3) is 0.692. The number of hydrogen-bond donors (Lipinski definition) is 1. The Morgan fingerprint density at radius 2 is 2.29 bits per heavy atom. The van der Waals surface area contributed by atoms with E-state index in [1.807, 2.05) is 6.07 Å². The average Bonchev–Trinajstić information content (AvgIpc) is 3.04. The van der Waals surface area contributed by atoms with Crippen molar-refractivity contribution < 1.29 is 0 Å². The van der Waals surface area contributed by atoms with E-state index in [1.54, 1.807) is 11.3 Å². The first-order chi connectivity index (χ1) is 8.22. The molecule has 2 atom stereocenters. The van der Waals surface area contributed by atoms with Gasteiger partial charge in [0.05, 0.1) is 4.34 Å². The lowest BCUT2D eigenvalue weighted by Crippen LogP contribution is -2.55. The highest BCUT2D eigenvalue weighted by atomic mass is 35.5. The summed E-state index contributed by atoms with van der Waals surface area (Å²) in [6.45, 7) is 5.67. The Balaban J connectivity index is 1.69. The Bertz CT molecular complexity index is 389. The maximum absolute atomic E-state index is 6.01. The van der Waals surface area contributed by atoms with Crippen LogP contribution in [0.2, 0.25) is 4.34 Å². The number of halogens is 1. The van der Waals surface area contributed by atoms with Crippen LogP contribution in [0.5, 0.6) is 0 Å². The van der Waals surface area contributed by atoms with Gasteiger partial charge < -0.3 is 5.32 Å². The minimum atomic E-state index is 0.612. The molecule has 0 amide bonds. The first kappa shape index (κ1) is 12.0. The number of nitrogens with zero attached hydrogens (tertiary/aromatic N) is 1. The van der Waals surface area contributed by atoms with Gasteiger partial charge in [0.25, 0.3) is 0 Å². The molecule has 1 saturated carbocycles. The minimum Gasteiger partial charge on any atom is -0.311 e. The van der Waals surface area contributed by atoms with Crippen LogP contribution in [0.3, 0.4) is 0 Å². The van der Waals surface area contributed by atoms with E-state index in [0.717, 1.165) is 35.9 Å². The molecule has 0 bridgehead atoms. The van der Waals surface area contributed by atoms with E-state index in [2.05, 4.69) is 23.2 Å². The quantitative estimate of drug-likeness (QED) is 0.909. The van der Waals surface area contributed by atoms with E-state index >= 15 is 0 Å². The van der Waals surface area contributed by atoms with Gasteiger partial charge in [0.15, 0.2) is 0 Å². The maximum Gasteiger partial charge on any atom is 0.0931 e. The first-order valence-corrected chi connectivity index (χ1v) is 7.63. The summed E-state index contributed by atoms with van der Waals surface area (Å²) in [4.78, 5) is 4.05. The number of hydrogen-bond acceptors (Lipinski definition) is 3. The Labute approximate surface area is 112 Å². The molecule has 2 nitrogen and oxygen atoms in total. The van der Waals surface area contributed by atoms with E-state index < -0.39 is 0 Å². The van der Waals surface area contributed by atoms with Crippen molar-refractivity contribution in [1.29, 1.82) is 0 Å². The summed E-state index contributed by atoms with van der Waals surface area (Å²) in [5, 5.41) is 3.61. The highest BCUT2D eigenvalue weighted by molar-refractivity contribution is 7.16. The third-order valence-corrected chi connectivity index (χ3v) is 5.02. The number of thiophene rings is 1. The van der Waals surface area contributed by atoms with Gasteiger partial charge in [-0.25, -0.2) is 0 Å². The Kier molecular flexibility index (Phi) is 3.44. The van der Waals surface area contributed by atoms with Crippen molar-refractivity contribution in [2.24, 2.45) is 5.92 Å². The van der Waals surface area contributed by atoms with Gasteiger partial charge in [0, 0.05) is 36.6 Å². The molecule has 0 spiro atoms. The standard InChI is InChI=1S/C13H19ClN2S/c1-9-7-16(8-11-4-5-13(14)17-11)12(6-15-9)10-2-3-10/h4-5,9-10,12,15H,2-3,6-8H2,1H3. The van der Waals surface area contributed by atoms with Gasteiger partial charge in [-0.1, -0.05) is 11.6 Å². The second-order valence-electron chi connectivity index (χ2n) is 5.35. The third-order valence-electron chi connectivity index (χ3n) is 3.81. The maximum atomic E-state index is 6.01. The molecule has 3 rings (SSSR count). The van der Waals surface area contributed by atoms with Crippen LogP contribution in [0.15, 0.2) is 12.1 Å². The minimum absolute atomic E-state index is 0.612. The van der Waals surface area contributed by atoms with Gasteiger partial charge in [0.1, 0.15) is 0 Å². The Hall–Kier alpha value is -0.0900. The SMILES string of the molecule is CC1CN(Cc2ccc(Cl)s2)C(C2CC2)CN1.